The molecule has 1 fully saturated rings. The summed E-state index contributed by atoms with van der Waals surface area (Å²) in [6, 6.07) is 4.55. The SMILES string of the molecule is CCN(C(=O)c1c(C)[nH]c(C=C2C(=O)Nc3ccc(C(=O)O)cc32)c1C)N1CCCCC1. The topological polar surface area (TPSA) is 106 Å². The number of nitrogens with one attached hydrogen (secondary N) is 2. The summed E-state index contributed by atoms with van der Waals surface area (Å²) in [5.41, 5.74) is 4.39. The Morgan fingerprint density at radius 3 is 2.56 bits per heavy atom. The summed E-state index contributed by atoms with van der Waals surface area (Å²) in [6.07, 6.45) is 5.05. The van der Waals surface area contributed by atoms with Crippen molar-refractivity contribution in [2.75, 3.05) is 25.0 Å². The molecule has 0 radical (unpaired) electrons. The van der Waals surface area contributed by atoms with E-state index in [0.29, 0.717) is 34.6 Å². The van der Waals surface area contributed by atoms with E-state index in [1.165, 1.54) is 18.6 Å². The number of hydrogen-bond donors (Lipinski definition) is 3. The molecule has 2 aromatic rings. The van der Waals surface area contributed by atoms with Crippen molar-refractivity contribution >= 4 is 35.1 Å². The number of carboxylic acid groups (broad SMARTS) is 1. The Balaban J connectivity index is 1.70. The van der Waals surface area contributed by atoms with Crippen LogP contribution in [-0.2, 0) is 4.79 Å². The van der Waals surface area contributed by atoms with Crippen molar-refractivity contribution in [3.05, 3.63) is 51.8 Å². The number of carboxylic acids is 1. The first-order chi connectivity index (χ1) is 15.3. The second-order valence-corrected chi connectivity index (χ2v) is 8.28. The maximum Gasteiger partial charge on any atom is 0.335 e. The first kappa shape index (κ1) is 21.8. The van der Waals surface area contributed by atoms with Crippen LogP contribution in [0.5, 0.6) is 0 Å². The number of H-pyrrole nitrogens is 1. The molecule has 0 aliphatic carbocycles. The van der Waals surface area contributed by atoms with Gasteiger partial charge in [0.05, 0.1) is 16.7 Å². The highest BCUT2D eigenvalue weighted by Crippen LogP contribution is 2.35. The van der Waals surface area contributed by atoms with Crippen molar-refractivity contribution in [2.24, 2.45) is 0 Å². The Kier molecular flexibility index (Phi) is 5.88. The van der Waals surface area contributed by atoms with Gasteiger partial charge < -0.3 is 15.4 Å². The van der Waals surface area contributed by atoms with Gasteiger partial charge in [-0.1, -0.05) is 6.42 Å². The molecule has 0 unspecified atom stereocenters. The number of nitrogens with zero attached hydrogens (tertiary/aromatic N) is 2. The van der Waals surface area contributed by atoms with E-state index in [9.17, 15) is 19.5 Å². The molecule has 8 nitrogen and oxygen atoms in total. The Bertz CT molecular complexity index is 1130. The van der Waals surface area contributed by atoms with Crippen LogP contribution < -0.4 is 5.32 Å². The van der Waals surface area contributed by atoms with E-state index in [-0.39, 0.29) is 17.4 Å². The van der Waals surface area contributed by atoms with E-state index in [2.05, 4.69) is 15.3 Å². The van der Waals surface area contributed by atoms with Crippen molar-refractivity contribution in [1.82, 2.24) is 15.0 Å². The molecule has 3 N–H and O–H groups in total. The second-order valence-electron chi connectivity index (χ2n) is 8.28. The van der Waals surface area contributed by atoms with Crippen molar-refractivity contribution < 1.29 is 19.5 Å². The minimum absolute atomic E-state index is 0.0465. The lowest BCUT2D eigenvalue weighted by atomic mass is 10.0. The number of rotatable bonds is 5. The number of hydrazine groups is 1. The van der Waals surface area contributed by atoms with Crippen molar-refractivity contribution in [2.45, 2.75) is 40.0 Å². The minimum atomic E-state index is -1.05. The molecule has 2 aliphatic heterocycles. The predicted octanol–water partition coefficient (Wildman–Crippen LogP) is 3.69. The van der Waals surface area contributed by atoms with Crippen LogP contribution in [0.15, 0.2) is 18.2 Å². The van der Waals surface area contributed by atoms with Gasteiger partial charge in [-0.15, -0.1) is 0 Å². The number of aryl methyl sites for hydroxylation is 1. The largest absolute Gasteiger partial charge is 0.478 e. The average Bonchev–Trinajstić information content (AvgIpc) is 3.23. The van der Waals surface area contributed by atoms with E-state index >= 15 is 0 Å². The summed E-state index contributed by atoms with van der Waals surface area (Å²) in [5, 5.41) is 16.0. The predicted molar refractivity (Wildman–Crippen MR) is 122 cm³/mol. The zero-order valence-electron chi connectivity index (χ0n) is 18.6. The van der Waals surface area contributed by atoms with Gasteiger partial charge in [0.1, 0.15) is 0 Å². The number of amides is 2. The molecule has 0 atom stereocenters. The molecule has 0 saturated carbocycles. The van der Waals surface area contributed by atoms with E-state index in [1.807, 2.05) is 25.8 Å². The number of piperidine rings is 1. The highest BCUT2D eigenvalue weighted by atomic mass is 16.4. The molecule has 32 heavy (non-hydrogen) atoms. The number of carbonyl (C=O) groups is 3. The molecule has 4 rings (SSSR count). The quantitative estimate of drug-likeness (QED) is 0.620. The summed E-state index contributed by atoms with van der Waals surface area (Å²) in [4.78, 5) is 40.7. The maximum absolute atomic E-state index is 13.4. The van der Waals surface area contributed by atoms with Crippen LogP contribution in [0.25, 0.3) is 11.6 Å². The zero-order chi connectivity index (χ0) is 23.0. The number of aromatic amines is 1. The molecule has 1 aromatic heterocycles. The number of hydrogen-bond acceptors (Lipinski definition) is 4. The molecule has 168 valence electrons. The van der Waals surface area contributed by atoms with Gasteiger partial charge in [-0.2, -0.15) is 0 Å². The first-order valence-corrected chi connectivity index (χ1v) is 11.0. The van der Waals surface area contributed by atoms with Crippen LogP contribution in [0, 0.1) is 13.8 Å². The van der Waals surface area contributed by atoms with E-state index in [1.54, 1.807) is 12.1 Å². The van der Waals surface area contributed by atoms with Gasteiger partial charge in [0.15, 0.2) is 0 Å². The molecule has 3 heterocycles. The smallest absolute Gasteiger partial charge is 0.335 e. The molecule has 1 aromatic carbocycles. The zero-order valence-corrected chi connectivity index (χ0v) is 18.6. The summed E-state index contributed by atoms with van der Waals surface area (Å²) in [5.74, 6) is -1.40. The fraction of sp³-hybridized carbons (Fsp3) is 0.375. The van der Waals surface area contributed by atoms with E-state index in [4.69, 9.17) is 0 Å². The fourth-order valence-electron chi connectivity index (χ4n) is 4.57. The van der Waals surface area contributed by atoms with Gasteiger partial charge in [0.25, 0.3) is 11.8 Å². The second kappa shape index (κ2) is 8.63. The third kappa shape index (κ3) is 3.82. The van der Waals surface area contributed by atoms with Crippen LogP contribution in [0.3, 0.4) is 0 Å². The third-order valence-corrected chi connectivity index (χ3v) is 6.24. The number of aromatic carboxylic acids is 1. The lowest BCUT2D eigenvalue weighted by molar-refractivity contribution is -0.110. The van der Waals surface area contributed by atoms with Crippen LogP contribution >= 0.6 is 0 Å². The van der Waals surface area contributed by atoms with Crippen LogP contribution in [0.4, 0.5) is 5.69 Å². The molecule has 8 heteroatoms. The van der Waals surface area contributed by atoms with Crippen LogP contribution in [0.1, 0.15) is 69.4 Å². The van der Waals surface area contributed by atoms with Gasteiger partial charge in [-0.3, -0.25) is 14.6 Å². The third-order valence-electron chi connectivity index (χ3n) is 6.24. The summed E-state index contributed by atoms with van der Waals surface area (Å²) < 4.78 is 0. The molecule has 2 aliphatic rings. The summed E-state index contributed by atoms with van der Waals surface area (Å²) in [7, 11) is 0. The van der Waals surface area contributed by atoms with Crippen LogP contribution in [0.2, 0.25) is 0 Å². The summed E-state index contributed by atoms with van der Waals surface area (Å²) in [6.45, 7) is 8.05. The highest BCUT2D eigenvalue weighted by Gasteiger charge is 2.29. The van der Waals surface area contributed by atoms with E-state index in [0.717, 1.165) is 37.2 Å². The molecule has 0 spiro atoms. The maximum atomic E-state index is 13.4. The standard InChI is InChI=1S/C24H28N4O4/c1-4-28(27-10-6-5-7-11-27)23(30)21-14(2)20(25-15(21)3)13-18-17-12-16(24(31)32)8-9-19(17)26-22(18)29/h8-9,12-13,25H,4-7,10-11H2,1-3H3,(H,26,29)(H,31,32). The lowest BCUT2D eigenvalue weighted by Crippen LogP contribution is -2.48. The van der Waals surface area contributed by atoms with Gasteiger partial charge in [-0.05, 0) is 63.5 Å². The first-order valence-electron chi connectivity index (χ1n) is 11.0. The van der Waals surface area contributed by atoms with Crippen LogP contribution in [-0.4, -0.2) is 57.5 Å². The Hall–Kier alpha value is -3.39. The molecule has 2 amide bonds. The monoisotopic (exact) mass is 436 g/mol. The lowest BCUT2D eigenvalue weighted by Gasteiger charge is -2.36. The van der Waals surface area contributed by atoms with E-state index < -0.39 is 5.97 Å². The Morgan fingerprint density at radius 1 is 1.19 bits per heavy atom. The molecule has 1 saturated heterocycles. The average molecular weight is 437 g/mol. The Morgan fingerprint density at radius 2 is 1.91 bits per heavy atom. The van der Waals surface area contributed by atoms with Crippen molar-refractivity contribution in [1.29, 1.82) is 0 Å². The molecular weight excluding hydrogens is 408 g/mol. The van der Waals surface area contributed by atoms with Gasteiger partial charge in [-0.25, -0.2) is 9.80 Å². The molecule has 0 bridgehead atoms. The number of anilines is 1. The van der Waals surface area contributed by atoms with Gasteiger partial charge in [0, 0.05) is 42.3 Å². The van der Waals surface area contributed by atoms with Crippen molar-refractivity contribution in [3.63, 3.8) is 0 Å². The van der Waals surface area contributed by atoms with Crippen molar-refractivity contribution in [3.8, 4) is 0 Å². The number of fused-ring (bicyclic) bond motifs is 1. The normalized spacial score (nSPS) is 17.3. The number of benzene rings is 1. The number of carbonyl (C=O) groups excluding carboxylic acids is 2. The number of aromatic nitrogens is 1. The fourth-order valence-corrected chi connectivity index (χ4v) is 4.57. The van der Waals surface area contributed by atoms with Gasteiger partial charge >= 0.3 is 5.97 Å². The minimum Gasteiger partial charge on any atom is -0.478 e. The highest BCUT2D eigenvalue weighted by molar-refractivity contribution is 6.35. The summed E-state index contributed by atoms with van der Waals surface area (Å²) >= 11 is 0. The van der Waals surface area contributed by atoms with Gasteiger partial charge in [0.2, 0.25) is 0 Å². The Labute approximate surface area is 186 Å². The molecular formula is C24H28N4O4.